The van der Waals surface area contributed by atoms with E-state index in [1.165, 1.54) is 12.1 Å². The minimum Gasteiger partial charge on any atom is -0.396 e. The lowest BCUT2D eigenvalue weighted by atomic mass is 10.2. The predicted octanol–water partition coefficient (Wildman–Crippen LogP) is 2.32. The van der Waals surface area contributed by atoms with Gasteiger partial charge in [-0.1, -0.05) is 0 Å². The first-order chi connectivity index (χ1) is 8.78. The summed E-state index contributed by atoms with van der Waals surface area (Å²) in [4.78, 5) is 11.3. The van der Waals surface area contributed by atoms with Gasteiger partial charge in [0.15, 0.2) is 0 Å². The van der Waals surface area contributed by atoms with E-state index < -0.39 is 37.5 Å². The van der Waals surface area contributed by atoms with E-state index in [9.17, 15) is 22.4 Å². The van der Waals surface area contributed by atoms with Crippen LogP contribution < -0.4 is 11.1 Å². The largest absolute Gasteiger partial charge is 0.396 e. The topological polar surface area (TPSA) is 64.3 Å². The summed E-state index contributed by atoms with van der Waals surface area (Å²) in [7, 11) is 0. The number of nitrogens with one attached hydrogen (secondary N) is 1. The number of halogens is 4. The molecule has 19 heavy (non-hydrogen) atoms. The molecule has 106 valence electrons. The molecule has 1 rings (SSSR count). The molecule has 0 atom stereocenters. The van der Waals surface area contributed by atoms with Crippen LogP contribution in [0.4, 0.5) is 28.9 Å². The third-order valence-electron chi connectivity index (χ3n) is 2.04. The van der Waals surface area contributed by atoms with Gasteiger partial charge in [0.2, 0.25) is 5.91 Å². The molecule has 0 saturated carbocycles. The lowest BCUT2D eigenvalue weighted by Gasteiger charge is -2.08. The molecular weight excluding hydrogens is 268 g/mol. The third-order valence-corrected chi connectivity index (χ3v) is 2.04. The smallest absolute Gasteiger partial charge is 0.391 e. The highest BCUT2D eigenvalue weighted by Crippen LogP contribution is 2.19. The molecular formula is C11H12F4N2O2. The molecule has 0 aliphatic rings. The number of ether oxygens (including phenoxy) is 1. The summed E-state index contributed by atoms with van der Waals surface area (Å²) >= 11 is 0. The number of anilines is 2. The van der Waals surface area contributed by atoms with Crippen molar-refractivity contribution in [2.45, 2.75) is 12.6 Å². The summed E-state index contributed by atoms with van der Waals surface area (Å²) < 4.78 is 52.7. The number of carbonyl (C=O) groups is 1. The van der Waals surface area contributed by atoms with Crippen molar-refractivity contribution in [3.8, 4) is 0 Å². The molecule has 0 fully saturated rings. The number of amides is 1. The maximum absolute atomic E-state index is 12.8. The Morgan fingerprint density at radius 1 is 1.37 bits per heavy atom. The Hall–Kier alpha value is -1.83. The van der Waals surface area contributed by atoms with E-state index >= 15 is 0 Å². The molecule has 4 nitrogen and oxygen atoms in total. The summed E-state index contributed by atoms with van der Waals surface area (Å²) in [6, 6.07) is 3.54. The molecule has 0 aromatic heterocycles. The second kappa shape index (κ2) is 6.37. The van der Waals surface area contributed by atoms with Crippen molar-refractivity contribution in [1.82, 2.24) is 0 Å². The fourth-order valence-electron chi connectivity index (χ4n) is 1.17. The molecule has 0 aliphatic heterocycles. The van der Waals surface area contributed by atoms with Crippen molar-refractivity contribution < 1.29 is 27.1 Å². The Morgan fingerprint density at radius 2 is 2.05 bits per heavy atom. The van der Waals surface area contributed by atoms with Gasteiger partial charge in [0, 0.05) is 5.69 Å². The van der Waals surface area contributed by atoms with Crippen LogP contribution in [0.5, 0.6) is 0 Å². The summed E-state index contributed by atoms with van der Waals surface area (Å²) in [5.41, 5.74) is 5.38. The van der Waals surface area contributed by atoms with Crippen molar-refractivity contribution >= 4 is 17.3 Å². The maximum atomic E-state index is 12.8. The zero-order valence-electron chi connectivity index (χ0n) is 9.76. The van der Waals surface area contributed by atoms with E-state index in [0.29, 0.717) is 0 Å². The number of hydrogen-bond donors (Lipinski definition) is 2. The Morgan fingerprint density at radius 3 is 2.63 bits per heavy atom. The van der Waals surface area contributed by atoms with Crippen molar-refractivity contribution in [1.29, 1.82) is 0 Å². The highest BCUT2D eigenvalue weighted by molar-refractivity contribution is 5.92. The van der Waals surface area contributed by atoms with E-state index in [1.807, 2.05) is 0 Å². The first kappa shape index (κ1) is 15.2. The number of rotatable bonds is 5. The maximum Gasteiger partial charge on any atom is 0.391 e. The van der Waals surface area contributed by atoms with Gasteiger partial charge in [-0.2, -0.15) is 13.2 Å². The van der Waals surface area contributed by atoms with Gasteiger partial charge in [0.1, 0.15) is 12.4 Å². The highest BCUT2D eigenvalue weighted by Gasteiger charge is 2.26. The quantitative estimate of drug-likeness (QED) is 0.494. The van der Waals surface area contributed by atoms with Crippen LogP contribution in [0.2, 0.25) is 0 Å². The Labute approximate surface area is 106 Å². The average molecular weight is 280 g/mol. The molecule has 1 amide bonds. The van der Waals surface area contributed by atoms with Gasteiger partial charge >= 0.3 is 6.18 Å². The summed E-state index contributed by atoms with van der Waals surface area (Å²) in [5.74, 6) is -1.27. The second-order valence-electron chi connectivity index (χ2n) is 3.70. The first-order valence-electron chi connectivity index (χ1n) is 5.27. The molecule has 0 saturated heterocycles. The number of carbonyl (C=O) groups excluding carboxylic acids is 1. The van der Waals surface area contributed by atoms with E-state index in [2.05, 4.69) is 10.1 Å². The molecule has 8 heteroatoms. The number of benzene rings is 1. The van der Waals surface area contributed by atoms with Crippen LogP contribution >= 0.6 is 0 Å². The van der Waals surface area contributed by atoms with Crippen LogP contribution in [-0.2, 0) is 9.53 Å². The third kappa shape index (κ3) is 6.05. The van der Waals surface area contributed by atoms with Crippen LogP contribution in [0.1, 0.15) is 6.42 Å². The van der Waals surface area contributed by atoms with Gasteiger partial charge in [-0.15, -0.1) is 0 Å². The van der Waals surface area contributed by atoms with Crippen LogP contribution in [0.15, 0.2) is 18.2 Å². The Balaban J connectivity index is 2.33. The number of alkyl halides is 3. The molecule has 0 radical (unpaired) electrons. The van der Waals surface area contributed by atoms with Gasteiger partial charge in [-0.25, -0.2) is 4.39 Å². The van der Waals surface area contributed by atoms with Crippen molar-refractivity contribution in [3.05, 3.63) is 24.0 Å². The lowest BCUT2D eigenvalue weighted by molar-refractivity contribution is -0.147. The summed E-state index contributed by atoms with van der Waals surface area (Å²) in [6.07, 6.45) is -5.44. The fourth-order valence-corrected chi connectivity index (χ4v) is 1.17. The van der Waals surface area contributed by atoms with Crippen molar-refractivity contribution in [2.24, 2.45) is 0 Å². The van der Waals surface area contributed by atoms with Crippen LogP contribution in [0, 0.1) is 5.82 Å². The van der Waals surface area contributed by atoms with Gasteiger partial charge < -0.3 is 15.8 Å². The molecule has 0 spiro atoms. The van der Waals surface area contributed by atoms with Crippen LogP contribution in [0.3, 0.4) is 0 Å². The number of hydrogen-bond acceptors (Lipinski definition) is 3. The van der Waals surface area contributed by atoms with Gasteiger partial charge in [0.05, 0.1) is 18.7 Å². The molecule has 1 aromatic rings. The molecule has 0 aliphatic carbocycles. The zero-order chi connectivity index (χ0) is 14.5. The summed E-state index contributed by atoms with van der Waals surface area (Å²) in [5, 5.41) is 2.32. The molecule has 0 unspecified atom stereocenters. The predicted molar refractivity (Wildman–Crippen MR) is 60.9 cm³/mol. The van der Waals surface area contributed by atoms with E-state index in [-0.39, 0.29) is 11.4 Å². The number of nitrogens with two attached hydrogens (primary N) is 1. The number of nitrogen functional groups attached to an aromatic ring is 1. The molecule has 0 heterocycles. The van der Waals surface area contributed by atoms with Crippen molar-refractivity contribution in [2.75, 3.05) is 24.3 Å². The first-order valence-corrected chi connectivity index (χ1v) is 5.27. The lowest BCUT2D eigenvalue weighted by Crippen LogP contribution is -2.20. The monoisotopic (exact) mass is 280 g/mol. The standard InChI is InChI=1S/C11H12F4N2O2/c12-8-2-1-7(5-9(8)16)17-10(18)6-19-4-3-11(13,14)15/h1-2,5H,3-4,6,16H2,(H,17,18). The van der Waals surface area contributed by atoms with E-state index in [0.717, 1.165) is 6.07 Å². The van der Waals surface area contributed by atoms with Gasteiger partial charge in [0.25, 0.3) is 0 Å². The Bertz CT molecular complexity index is 449. The second-order valence-corrected chi connectivity index (χ2v) is 3.70. The molecule has 0 bridgehead atoms. The highest BCUT2D eigenvalue weighted by atomic mass is 19.4. The minimum atomic E-state index is -4.32. The minimum absolute atomic E-state index is 0.143. The van der Waals surface area contributed by atoms with E-state index in [1.54, 1.807) is 0 Å². The SMILES string of the molecule is Nc1cc(NC(=O)COCCC(F)(F)F)ccc1F. The molecule has 3 N–H and O–H groups in total. The van der Waals surface area contributed by atoms with Crippen molar-refractivity contribution in [3.63, 3.8) is 0 Å². The van der Waals surface area contributed by atoms with Gasteiger partial charge in [-0.05, 0) is 18.2 Å². The average Bonchev–Trinajstić information content (AvgIpc) is 2.28. The zero-order valence-corrected chi connectivity index (χ0v) is 9.76. The van der Waals surface area contributed by atoms with Crippen LogP contribution in [0.25, 0.3) is 0 Å². The van der Waals surface area contributed by atoms with Crippen LogP contribution in [-0.4, -0.2) is 25.3 Å². The Kier molecular flexibility index (Phi) is 5.11. The molecule has 1 aromatic carbocycles. The fraction of sp³-hybridized carbons (Fsp3) is 0.364. The van der Waals surface area contributed by atoms with E-state index in [4.69, 9.17) is 5.73 Å². The van der Waals surface area contributed by atoms with Gasteiger partial charge in [-0.3, -0.25) is 4.79 Å². The normalized spacial score (nSPS) is 11.4. The summed E-state index contributed by atoms with van der Waals surface area (Å²) in [6.45, 7) is -1.12.